The highest BCUT2D eigenvalue weighted by molar-refractivity contribution is 9.10. The molecule has 18 heavy (non-hydrogen) atoms. The van der Waals surface area contributed by atoms with Crippen molar-refractivity contribution >= 4 is 15.9 Å². The van der Waals surface area contributed by atoms with E-state index in [0.717, 1.165) is 41.7 Å². The van der Waals surface area contributed by atoms with Gasteiger partial charge in [0.25, 0.3) is 0 Å². The van der Waals surface area contributed by atoms with E-state index < -0.39 is 0 Å². The molecule has 1 aliphatic heterocycles. The van der Waals surface area contributed by atoms with Gasteiger partial charge in [-0.2, -0.15) is 0 Å². The maximum Gasteiger partial charge on any atom is 0.175 e. The summed E-state index contributed by atoms with van der Waals surface area (Å²) in [6.45, 7) is 3.57. The van der Waals surface area contributed by atoms with E-state index in [4.69, 9.17) is 15.2 Å². The fourth-order valence-electron chi connectivity index (χ4n) is 2.54. The Morgan fingerprint density at radius 2 is 1.94 bits per heavy atom. The monoisotopic (exact) mass is 311 g/mol. The van der Waals surface area contributed by atoms with Gasteiger partial charge >= 0.3 is 0 Å². The standard InChI is InChI=1S/C14H18BrNO2/c1-2-9-10(14(16)4-5-14)8-11(15)13-12(9)17-6-3-7-18-13/h8H,2-7,16H2,1H3. The summed E-state index contributed by atoms with van der Waals surface area (Å²) in [7, 11) is 0. The van der Waals surface area contributed by atoms with Crippen LogP contribution in [0, 0.1) is 0 Å². The van der Waals surface area contributed by atoms with E-state index >= 15 is 0 Å². The van der Waals surface area contributed by atoms with Crippen LogP contribution in [0.2, 0.25) is 0 Å². The largest absolute Gasteiger partial charge is 0.489 e. The number of benzene rings is 1. The van der Waals surface area contributed by atoms with Crippen LogP contribution >= 0.6 is 15.9 Å². The summed E-state index contributed by atoms with van der Waals surface area (Å²) in [5.74, 6) is 1.74. The second-order valence-electron chi connectivity index (χ2n) is 5.10. The lowest BCUT2D eigenvalue weighted by Crippen LogP contribution is -2.21. The van der Waals surface area contributed by atoms with Crippen molar-refractivity contribution < 1.29 is 9.47 Å². The molecule has 1 aromatic rings. The van der Waals surface area contributed by atoms with Crippen molar-refractivity contribution in [3.8, 4) is 11.5 Å². The normalized spacial score (nSPS) is 20.4. The minimum atomic E-state index is -0.140. The number of hydrogen-bond acceptors (Lipinski definition) is 3. The van der Waals surface area contributed by atoms with E-state index in [9.17, 15) is 0 Å². The van der Waals surface area contributed by atoms with Crippen LogP contribution in [0.25, 0.3) is 0 Å². The summed E-state index contributed by atoms with van der Waals surface area (Å²) in [5, 5.41) is 0. The zero-order valence-electron chi connectivity index (χ0n) is 10.6. The average molecular weight is 312 g/mol. The van der Waals surface area contributed by atoms with Gasteiger partial charge in [0, 0.05) is 17.5 Å². The first-order valence-electron chi connectivity index (χ1n) is 6.56. The van der Waals surface area contributed by atoms with Crippen molar-refractivity contribution in [2.75, 3.05) is 13.2 Å². The number of ether oxygens (including phenoxy) is 2. The van der Waals surface area contributed by atoms with Crippen LogP contribution < -0.4 is 15.2 Å². The fraction of sp³-hybridized carbons (Fsp3) is 0.571. The lowest BCUT2D eigenvalue weighted by Gasteiger charge is -2.20. The van der Waals surface area contributed by atoms with Crippen molar-refractivity contribution in [1.82, 2.24) is 0 Å². The van der Waals surface area contributed by atoms with Gasteiger partial charge in [-0.05, 0) is 46.8 Å². The Labute approximate surface area is 116 Å². The third kappa shape index (κ3) is 1.91. The van der Waals surface area contributed by atoms with E-state index in [1.54, 1.807) is 0 Å². The zero-order valence-corrected chi connectivity index (χ0v) is 12.2. The number of rotatable bonds is 2. The molecule has 0 unspecified atom stereocenters. The molecule has 1 fully saturated rings. The highest BCUT2D eigenvalue weighted by atomic mass is 79.9. The number of nitrogens with two attached hydrogens (primary N) is 1. The Morgan fingerprint density at radius 3 is 2.56 bits per heavy atom. The third-order valence-electron chi connectivity index (χ3n) is 3.75. The SMILES string of the molecule is CCc1c(C2(N)CC2)cc(Br)c2c1OCCCO2. The lowest BCUT2D eigenvalue weighted by molar-refractivity contribution is 0.295. The van der Waals surface area contributed by atoms with Gasteiger partial charge in [-0.25, -0.2) is 0 Å². The predicted octanol–water partition coefficient (Wildman–Crippen LogP) is 3.12. The lowest BCUT2D eigenvalue weighted by atomic mass is 9.96. The minimum Gasteiger partial charge on any atom is -0.489 e. The Morgan fingerprint density at radius 1 is 1.28 bits per heavy atom. The van der Waals surface area contributed by atoms with Crippen LogP contribution in [0.1, 0.15) is 37.3 Å². The smallest absolute Gasteiger partial charge is 0.175 e. The molecule has 0 spiro atoms. The molecular formula is C14H18BrNO2. The van der Waals surface area contributed by atoms with Crippen LogP contribution in [0.4, 0.5) is 0 Å². The summed E-state index contributed by atoms with van der Waals surface area (Å²) < 4.78 is 12.7. The minimum absolute atomic E-state index is 0.140. The first kappa shape index (κ1) is 12.3. The van der Waals surface area contributed by atoms with Gasteiger partial charge in [-0.15, -0.1) is 0 Å². The summed E-state index contributed by atoms with van der Waals surface area (Å²) >= 11 is 3.59. The van der Waals surface area contributed by atoms with Crippen molar-refractivity contribution in [2.24, 2.45) is 5.73 Å². The Kier molecular flexibility index (Phi) is 3.02. The summed E-state index contributed by atoms with van der Waals surface area (Å²) in [6, 6.07) is 2.12. The molecule has 4 heteroatoms. The maximum absolute atomic E-state index is 6.37. The second-order valence-corrected chi connectivity index (χ2v) is 5.96. The molecule has 0 radical (unpaired) electrons. The first-order valence-corrected chi connectivity index (χ1v) is 7.35. The summed E-state index contributed by atoms with van der Waals surface area (Å²) in [5.41, 5.74) is 8.67. The highest BCUT2D eigenvalue weighted by Crippen LogP contribution is 2.51. The zero-order chi connectivity index (χ0) is 12.8. The summed E-state index contributed by atoms with van der Waals surface area (Å²) in [4.78, 5) is 0. The molecule has 1 heterocycles. The van der Waals surface area contributed by atoms with Gasteiger partial charge < -0.3 is 15.2 Å². The van der Waals surface area contributed by atoms with Crippen molar-refractivity contribution in [1.29, 1.82) is 0 Å². The topological polar surface area (TPSA) is 44.5 Å². The van der Waals surface area contributed by atoms with Crippen LogP contribution in [0.5, 0.6) is 11.5 Å². The number of fused-ring (bicyclic) bond motifs is 1. The third-order valence-corrected chi connectivity index (χ3v) is 4.34. The molecule has 0 amide bonds. The molecule has 1 aromatic carbocycles. The molecule has 0 saturated heterocycles. The molecule has 98 valence electrons. The second kappa shape index (κ2) is 4.42. The summed E-state index contributed by atoms with van der Waals surface area (Å²) in [6.07, 6.45) is 3.97. The molecule has 0 aromatic heterocycles. The first-order chi connectivity index (χ1) is 8.65. The molecule has 3 nitrogen and oxygen atoms in total. The molecule has 3 rings (SSSR count). The fourth-order valence-corrected chi connectivity index (χ4v) is 3.06. The maximum atomic E-state index is 6.37. The van der Waals surface area contributed by atoms with Gasteiger partial charge in [0.05, 0.1) is 17.7 Å². The quantitative estimate of drug-likeness (QED) is 0.912. The molecule has 1 saturated carbocycles. The number of halogens is 1. The Hall–Kier alpha value is -0.740. The Bertz CT molecular complexity index is 483. The van der Waals surface area contributed by atoms with E-state index in [1.807, 2.05) is 0 Å². The van der Waals surface area contributed by atoms with Gasteiger partial charge in [0.2, 0.25) is 0 Å². The van der Waals surface area contributed by atoms with Crippen LogP contribution in [-0.4, -0.2) is 13.2 Å². The predicted molar refractivity (Wildman–Crippen MR) is 74.2 cm³/mol. The van der Waals surface area contributed by atoms with Crippen LogP contribution in [0.3, 0.4) is 0 Å². The van der Waals surface area contributed by atoms with Crippen LogP contribution in [-0.2, 0) is 12.0 Å². The molecule has 2 aliphatic rings. The highest BCUT2D eigenvalue weighted by Gasteiger charge is 2.43. The van der Waals surface area contributed by atoms with Gasteiger partial charge in [-0.3, -0.25) is 0 Å². The van der Waals surface area contributed by atoms with Crippen molar-refractivity contribution in [2.45, 2.75) is 38.1 Å². The van der Waals surface area contributed by atoms with Crippen molar-refractivity contribution in [3.63, 3.8) is 0 Å². The van der Waals surface area contributed by atoms with Gasteiger partial charge in [0.15, 0.2) is 11.5 Å². The van der Waals surface area contributed by atoms with E-state index in [1.165, 1.54) is 11.1 Å². The average Bonchev–Trinajstić information content (AvgIpc) is 3.13. The van der Waals surface area contributed by atoms with E-state index in [2.05, 4.69) is 28.9 Å². The molecule has 0 bridgehead atoms. The Balaban J connectivity index is 2.17. The van der Waals surface area contributed by atoms with Gasteiger partial charge in [-0.1, -0.05) is 6.92 Å². The van der Waals surface area contributed by atoms with E-state index in [0.29, 0.717) is 13.2 Å². The van der Waals surface area contributed by atoms with Crippen molar-refractivity contribution in [3.05, 3.63) is 21.7 Å². The molecule has 0 atom stereocenters. The number of hydrogen-bond donors (Lipinski definition) is 1. The van der Waals surface area contributed by atoms with Crippen LogP contribution in [0.15, 0.2) is 10.5 Å². The van der Waals surface area contributed by atoms with E-state index in [-0.39, 0.29) is 5.54 Å². The van der Waals surface area contributed by atoms with Gasteiger partial charge in [0.1, 0.15) is 0 Å². The molecule has 1 aliphatic carbocycles. The molecule has 2 N–H and O–H groups in total. The molecular weight excluding hydrogens is 294 g/mol.